The average molecular weight is 266 g/mol. The molecule has 2 rings (SSSR count). The summed E-state index contributed by atoms with van der Waals surface area (Å²) >= 11 is 0. The lowest BCUT2D eigenvalue weighted by Gasteiger charge is -2.36. The van der Waals surface area contributed by atoms with E-state index in [2.05, 4.69) is 24.1 Å². The molecular formula is C17H34N2. The molecule has 2 fully saturated rings. The van der Waals surface area contributed by atoms with Crippen LogP contribution in [-0.4, -0.2) is 36.6 Å². The summed E-state index contributed by atoms with van der Waals surface area (Å²) in [7, 11) is 0. The molecule has 0 spiro atoms. The molecule has 2 aliphatic rings. The Morgan fingerprint density at radius 3 is 2.58 bits per heavy atom. The number of nitrogens with zero attached hydrogens (tertiary/aromatic N) is 1. The number of hydrogen-bond donors (Lipinski definition) is 1. The monoisotopic (exact) mass is 266 g/mol. The van der Waals surface area contributed by atoms with Crippen LogP contribution in [0.4, 0.5) is 0 Å². The molecule has 2 nitrogen and oxygen atoms in total. The van der Waals surface area contributed by atoms with E-state index >= 15 is 0 Å². The molecule has 0 amide bonds. The van der Waals surface area contributed by atoms with Crippen molar-refractivity contribution in [1.82, 2.24) is 10.2 Å². The zero-order chi connectivity index (χ0) is 13.5. The first-order chi connectivity index (χ1) is 9.35. The van der Waals surface area contributed by atoms with Crippen molar-refractivity contribution in [2.75, 3.05) is 19.6 Å². The second-order valence-electron chi connectivity index (χ2n) is 6.66. The summed E-state index contributed by atoms with van der Waals surface area (Å²) in [5, 5.41) is 3.86. The number of rotatable bonds is 5. The molecule has 112 valence electrons. The van der Waals surface area contributed by atoms with Gasteiger partial charge in [0.2, 0.25) is 0 Å². The first kappa shape index (κ1) is 15.3. The lowest BCUT2D eigenvalue weighted by molar-refractivity contribution is 0.151. The molecule has 1 aliphatic carbocycles. The lowest BCUT2D eigenvalue weighted by Crippen LogP contribution is -2.46. The van der Waals surface area contributed by atoms with Gasteiger partial charge in [-0.2, -0.15) is 0 Å². The summed E-state index contributed by atoms with van der Waals surface area (Å²) in [5.41, 5.74) is 0. The van der Waals surface area contributed by atoms with E-state index in [1.807, 2.05) is 0 Å². The molecule has 2 unspecified atom stereocenters. The Morgan fingerprint density at radius 2 is 1.89 bits per heavy atom. The van der Waals surface area contributed by atoms with Crippen LogP contribution in [0.5, 0.6) is 0 Å². The van der Waals surface area contributed by atoms with Crippen LogP contribution >= 0.6 is 0 Å². The molecule has 2 atom stereocenters. The minimum Gasteiger partial charge on any atom is -0.312 e. The highest BCUT2D eigenvalue weighted by atomic mass is 15.2. The maximum Gasteiger partial charge on any atom is 0.0223 e. The van der Waals surface area contributed by atoms with Crippen LogP contribution in [0.3, 0.4) is 0 Å². The van der Waals surface area contributed by atoms with Gasteiger partial charge in [-0.1, -0.05) is 39.5 Å². The Balaban J connectivity index is 1.92. The summed E-state index contributed by atoms with van der Waals surface area (Å²) in [6, 6.07) is 1.60. The van der Waals surface area contributed by atoms with Crippen LogP contribution in [0.2, 0.25) is 0 Å². The van der Waals surface area contributed by atoms with Crippen LogP contribution in [0.15, 0.2) is 0 Å². The Hall–Kier alpha value is -0.0800. The molecule has 1 N–H and O–H groups in total. The van der Waals surface area contributed by atoms with Crippen LogP contribution in [0.25, 0.3) is 0 Å². The molecular weight excluding hydrogens is 232 g/mol. The summed E-state index contributed by atoms with van der Waals surface area (Å²) in [4.78, 5) is 2.81. The fourth-order valence-corrected chi connectivity index (χ4v) is 4.14. The van der Waals surface area contributed by atoms with Crippen molar-refractivity contribution in [3.05, 3.63) is 0 Å². The minimum atomic E-state index is 0.772. The molecule has 1 heterocycles. The highest BCUT2D eigenvalue weighted by molar-refractivity contribution is 4.86. The van der Waals surface area contributed by atoms with Crippen molar-refractivity contribution in [1.29, 1.82) is 0 Å². The topological polar surface area (TPSA) is 15.3 Å². The molecule has 1 saturated carbocycles. The smallest absolute Gasteiger partial charge is 0.0223 e. The predicted octanol–water partition coefficient (Wildman–Crippen LogP) is 3.81. The van der Waals surface area contributed by atoms with Gasteiger partial charge in [0.05, 0.1) is 0 Å². The highest BCUT2D eigenvalue weighted by Crippen LogP contribution is 2.28. The summed E-state index contributed by atoms with van der Waals surface area (Å²) in [5.74, 6) is 0.952. The largest absolute Gasteiger partial charge is 0.312 e. The fourth-order valence-electron chi connectivity index (χ4n) is 4.14. The van der Waals surface area contributed by atoms with E-state index in [1.54, 1.807) is 0 Å². The van der Waals surface area contributed by atoms with Crippen molar-refractivity contribution < 1.29 is 0 Å². The van der Waals surface area contributed by atoms with Crippen LogP contribution < -0.4 is 5.32 Å². The average Bonchev–Trinajstić information content (AvgIpc) is 2.71. The van der Waals surface area contributed by atoms with Crippen molar-refractivity contribution in [2.24, 2.45) is 5.92 Å². The maximum atomic E-state index is 3.86. The molecule has 0 bridgehead atoms. The zero-order valence-electron chi connectivity index (χ0n) is 13.2. The van der Waals surface area contributed by atoms with Crippen molar-refractivity contribution in [3.8, 4) is 0 Å². The van der Waals surface area contributed by atoms with Gasteiger partial charge >= 0.3 is 0 Å². The van der Waals surface area contributed by atoms with Gasteiger partial charge in [-0.15, -0.1) is 0 Å². The van der Waals surface area contributed by atoms with E-state index < -0.39 is 0 Å². The van der Waals surface area contributed by atoms with Crippen molar-refractivity contribution in [2.45, 2.75) is 83.7 Å². The first-order valence-electron chi connectivity index (χ1n) is 8.82. The molecule has 0 aromatic heterocycles. The van der Waals surface area contributed by atoms with Crippen molar-refractivity contribution >= 4 is 0 Å². The van der Waals surface area contributed by atoms with Gasteiger partial charge in [0.25, 0.3) is 0 Å². The van der Waals surface area contributed by atoms with E-state index in [1.165, 1.54) is 77.4 Å². The molecule has 0 radical (unpaired) electrons. The molecule has 2 heteroatoms. The highest BCUT2D eigenvalue weighted by Gasteiger charge is 2.28. The van der Waals surface area contributed by atoms with Gasteiger partial charge < -0.3 is 5.32 Å². The summed E-state index contributed by atoms with van der Waals surface area (Å²) in [6.45, 7) is 8.56. The third-order valence-corrected chi connectivity index (χ3v) is 5.29. The van der Waals surface area contributed by atoms with E-state index in [4.69, 9.17) is 0 Å². The SMILES string of the molecule is CCCC(CC)N1CCCNC(C2CCCCC2)C1. The standard InChI is InChI=1S/C17H34N2/c1-3-9-16(4-2)19-13-8-12-18-17(14-19)15-10-6-5-7-11-15/h15-18H,3-14H2,1-2H3. The Kier molecular flexibility index (Phi) is 6.66. The predicted molar refractivity (Wildman–Crippen MR) is 83.5 cm³/mol. The molecule has 1 saturated heterocycles. The van der Waals surface area contributed by atoms with E-state index in [-0.39, 0.29) is 0 Å². The van der Waals surface area contributed by atoms with E-state index in [9.17, 15) is 0 Å². The second-order valence-corrected chi connectivity index (χ2v) is 6.66. The quantitative estimate of drug-likeness (QED) is 0.814. The maximum absolute atomic E-state index is 3.86. The zero-order valence-corrected chi connectivity index (χ0v) is 13.2. The number of nitrogens with one attached hydrogen (secondary N) is 1. The van der Waals surface area contributed by atoms with Gasteiger partial charge in [-0.3, -0.25) is 4.90 Å². The lowest BCUT2D eigenvalue weighted by atomic mass is 9.83. The van der Waals surface area contributed by atoms with Gasteiger partial charge in [0, 0.05) is 18.6 Å². The van der Waals surface area contributed by atoms with Gasteiger partial charge in [0.1, 0.15) is 0 Å². The Labute approximate surface area is 120 Å². The summed E-state index contributed by atoms with van der Waals surface area (Å²) in [6.07, 6.45) is 12.7. The van der Waals surface area contributed by atoms with Crippen LogP contribution in [0.1, 0.15) is 71.6 Å². The van der Waals surface area contributed by atoms with E-state index in [0.717, 1.165) is 18.0 Å². The summed E-state index contributed by atoms with van der Waals surface area (Å²) < 4.78 is 0. The van der Waals surface area contributed by atoms with E-state index in [0.29, 0.717) is 0 Å². The molecule has 0 aromatic carbocycles. The van der Waals surface area contributed by atoms with Crippen molar-refractivity contribution in [3.63, 3.8) is 0 Å². The van der Waals surface area contributed by atoms with Gasteiger partial charge in [-0.05, 0) is 51.1 Å². The first-order valence-corrected chi connectivity index (χ1v) is 8.82. The molecule has 19 heavy (non-hydrogen) atoms. The van der Waals surface area contributed by atoms with Crippen LogP contribution in [-0.2, 0) is 0 Å². The van der Waals surface area contributed by atoms with Gasteiger partial charge in [0.15, 0.2) is 0 Å². The Morgan fingerprint density at radius 1 is 1.11 bits per heavy atom. The molecule has 0 aromatic rings. The third kappa shape index (κ3) is 4.46. The normalized spacial score (nSPS) is 29.1. The minimum absolute atomic E-state index is 0.772. The number of hydrogen-bond acceptors (Lipinski definition) is 2. The van der Waals surface area contributed by atoms with Crippen LogP contribution in [0, 0.1) is 5.92 Å². The fraction of sp³-hybridized carbons (Fsp3) is 1.00. The van der Waals surface area contributed by atoms with Gasteiger partial charge in [-0.25, -0.2) is 0 Å². The third-order valence-electron chi connectivity index (χ3n) is 5.29. The molecule has 1 aliphatic heterocycles. The Bertz CT molecular complexity index is 223. The second kappa shape index (κ2) is 8.26.